The SMILES string of the molecule is CCN(CC)CC(=O)c1ccc(OCCC(C)N2CCN(c3nc(C(C)C)no3)CC2)c(C)c1. The minimum Gasteiger partial charge on any atom is -0.493 e. The van der Waals surface area contributed by atoms with Gasteiger partial charge in [0.2, 0.25) is 0 Å². The normalized spacial score (nSPS) is 15.8. The number of rotatable bonds is 12. The zero-order valence-electron chi connectivity index (χ0n) is 21.7. The van der Waals surface area contributed by atoms with Gasteiger partial charge >= 0.3 is 6.01 Å². The number of aromatic nitrogens is 2. The molecular weight excluding hydrogens is 430 g/mol. The average molecular weight is 472 g/mol. The maximum atomic E-state index is 12.6. The zero-order valence-corrected chi connectivity index (χ0v) is 21.7. The highest BCUT2D eigenvalue weighted by atomic mass is 16.5. The van der Waals surface area contributed by atoms with Crippen LogP contribution in [-0.2, 0) is 0 Å². The molecule has 0 N–H and O–H groups in total. The van der Waals surface area contributed by atoms with E-state index in [-0.39, 0.29) is 11.7 Å². The molecule has 1 saturated heterocycles. The lowest BCUT2D eigenvalue weighted by Gasteiger charge is -2.37. The smallest absolute Gasteiger partial charge is 0.324 e. The molecule has 3 rings (SSSR count). The van der Waals surface area contributed by atoms with Crippen LogP contribution in [0.4, 0.5) is 6.01 Å². The molecule has 0 bridgehead atoms. The van der Waals surface area contributed by atoms with Crippen molar-refractivity contribution in [1.29, 1.82) is 0 Å². The molecule has 0 aliphatic carbocycles. The van der Waals surface area contributed by atoms with E-state index in [1.165, 1.54) is 0 Å². The summed E-state index contributed by atoms with van der Waals surface area (Å²) < 4.78 is 11.5. The Labute approximate surface area is 204 Å². The van der Waals surface area contributed by atoms with Crippen LogP contribution < -0.4 is 9.64 Å². The van der Waals surface area contributed by atoms with Gasteiger partial charge in [-0.2, -0.15) is 4.98 Å². The maximum absolute atomic E-state index is 12.6. The van der Waals surface area contributed by atoms with Crippen LogP contribution in [0.1, 0.15) is 68.7 Å². The Bertz CT molecular complexity index is 917. The number of likely N-dealkylation sites (N-methyl/N-ethyl adjacent to an activating group) is 1. The second-order valence-corrected chi connectivity index (χ2v) is 9.46. The molecule has 1 aliphatic heterocycles. The lowest BCUT2D eigenvalue weighted by atomic mass is 10.1. The zero-order chi connectivity index (χ0) is 24.7. The summed E-state index contributed by atoms with van der Waals surface area (Å²) in [7, 11) is 0. The molecule has 1 aliphatic rings. The van der Waals surface area contributed by atoms with E-state index in [1.807, 2.05) is 25.1 Å². The molecule has 1 fully saturated rings. The van der Waals surface area contributed by atoms with E-state index < -0.39 is 0 Å². The summed E-state index contributed by atoms with van der Waals surface area (Å²) in [6.07, 6.45) is 0.945. The monoisotopic (exact) mass is 471 g/mol. The molecular formula is C26H41N5O3. The number of benzene rings is 1. The second-order valence-electron chi connectivity index (χ2n) is 9.46. The van der Waals surface area contributed by atoms with Crippen molar-refractivity contribution >= 4 is 11.8 Å². The Morgan fingerprint density at radius 1 is 1.15 bits per heavy atom. The largest absolute Gasteiger partial charge is 0.493 e. The second kappa shape index (κ2) is 12.3. The van der Waals surface area contributed by atoms with Crippen LogP contribution in [0.15, 0.2) is 22.7 Å². The van der Waals surface area contributed by atoms with E-state index in [0.717, 1.165) is 68.4 Å². The quantitative estimate of drug-likeness (QED) is 0.430. The summed E-state index contributed by atoms with van der Waals surface area (Å²) in [5.41, 5.74) is 1.76. The highest BCUT2D eigenvalue weighted by molar-refractivity contribution is 5.97. The van der Waals surface area contributed by atoms with Crippen molar-refractivity contribution < 1.29 is 14.1 Å². The van der Waals surface area contributed by atoms with Crippen LogP contribution in [-0.4, -0.2) is 84.2 Å². The topological polar surface area (TPSA) is 74.9 Å². The van der Waals surface area contributed by atoms with E-state index in [1.54, 1.807) is 0 Å². The van der Waals surface area contributed by atoms with Crippen molar-refractivity contribution in [3.8, 4) is 5.75 Å². The van der Waals surface area contributed by atoms with Gasteiger partial charge in [0, 0.05) is 43.7 Å². The molecule has 0 amide bonds. The molecule has 2 heterocycles. The van der Waals surface area contributed by atoms with E-state index >= 15 is 0 Å². The molecule has 1 aromatic heterocycles. The first-order valence-electron chi connectivity index (χ1n) is 12.6. The number of Topliss-reactive ketones (excluding diaryl/α,β-unsaturated/α-hetero) is 1. The summed E-state index contributed by atoms with van der Waals surface area (Å²) in [6, 6.07) is 6.83. The van der Waals surface area contributed by atoms with Gasteiger partial charge in [0.25, 0.3) is 0 Å². The minimum atomic E-state index is 0.159. The predicted octanol–water partition coefficient (Wildman–Crippen LogP) is 4.01. The summed E-state index contributed by atoms with van der Waals surface area (Å²) in [5, 5.41) is 4.08. The Morgan fingerprint density at radius 2 is 1.85 bits per heavy atom. The van der Waals surface area contributed by atoms with Gasteiger partial charge in [0.05, 0.1) is 13.2 Å². The minimum absolute atomic E-state index is 0.159. The summed E-state index contributed by atoms with van der Waals surface area (Å²) >= 11 is 0. The maximum Gasteiger partial charge on any atom is 0.324 e. The molecule has 8 heteroatoms. The molecule has 8 nitrogen and oxygen atoms in total. The predicted molar refractivity (Wildman–Crippen MR) is 135 cm³/mol. The first-order valence-corrected chi connectivity index (χ1v) is 12.6. The number of carbonyl (C=O) groups excluding carboxylic acids is 1. The number of carbonyl (C=O) groups is 1. The van der Waals surface area contributed by atoms with Gasteiger partial charge < -0.3 is 14.2 Å². The summed E-state index contributed by atoms with van der Waals surface area (Å²) in [5.74, 6) is 2.05. The first kappa shape index (κ1) is 26.2. The van der Waals surface area contributed by atoms with Gasteiger partial charge in [-0.3, -0.25) is 14.6 Å². The highest BCUT2D eigenvalue weighted by Crippen LogP contribution is 2.22. The van der Waals surface area contributed by atoms with Gasteiger partial charge in [0.1, 0.15) is 5.75 Å². The van der Waals surface area contributed by atoms with Crippen LogP contribution >= 0.6 is 0 Å². The Balaban J connectivity index is 1.43. The van der Waals surface area contributed by atoms with Crippen LogP contribution in [0.25, 0.3) is 0 Å². The fraction of sp³-hybridized carbons (Fsp3) is 0.654. The number of piperazine rings is 1. The molecule has 0 spiro atoms. The molecule has 188 valence electrons. The summed E-state index contributed by atoms with van der Waals surface area (Å²) in [4.78, 5) is 23.9. The Kier molecular flexibility index (Phi) is 9.47. The fourth-order valence-corrected chi connectivity index (χ4v) is 4.19. The fourth-order valence-electron chi connectivity index (χ4n) is 4.19. The molecule has 0 radical (unpaired) electrons. The molecule has 1 aromatic carbocycles. The van der Waals surface area contributed by atoms with Crippen molar-refractivity contribution in [1.82, 2.24) is 19.9 Å². The third-order valence-electron chi connectivity index (χ3n) is 6.71. The molecule has 1 atom stereocenters. The van der Waals surface area contributed by atoms with E-state index in [4.69, 9.17) is 9.26 Å². The lowest BCUT2D eigenvalue weighted by molar-refractivity contribution is 0.0937. The number of hydrogen-bond acceptors (Lipinski definition) is 8. The standard InChI is InChI=1S/C26H41N5O3/c1-7-29(8-2)18-23(32)22-9-10-24(20(5)17-22)33-16-11-21(6)30-12-14-31(15-13-30)26-27-25(19(3)4)28-34-26/h9-10,17,19,21H,7-8,11-16,18H2,1-6H3. The Hall–Kier alpha value is -2.45. The van der Waals surface area contributed by atoms with E-state index in [9.17, 15) is 4.79 Å². The number of ether oxygens (including phenoxy) is 1. The van der Waals surface area contributed by atoms with Crippen LogP contribution in [0, 0.1) is 6.92 Å². The molecule has 0 saturated carbocycles. The van der Waals surface area contributed by atoms with Gasteiger partial charge in [0.15, 0.2) is 11.6 Å². The van der Waals surface area contributed by atoms with Crippen LogP contribution in [0.3, 0.4) is 0 Å². The number of hydrogen-bond donors (Lipinski definition) is 0. The van der Waals surface area contributed by atoms with Crippen LogP contribution in [0.5, 0.6) is 5.75 Å². The third kappa shape index (κ3) is 6.79. The highest BCUT2D eigenvalue weighted by Gasteiger charge is 2.24. The van der Waals surface area contributed by atoms with Gasteiger partial charge in [-0.1, -0.05) is 32.9 Å². The average Bonchev–Trinajstić information content (AvgIpc) is 3.34. The third-order valence-corrected chi connectivity index (χ3v) is 6.71. The summed E-state index contributed by atoms with van der Waals surface area (Å²) in [6.45, 7) is 19.1. The van der Waals surface area contributed by atoms with Gasteiger partial charge in [-0.05, 0) is 57.1 Å². The Morgan fingerprint density at radius 3 is 2.44 bits per heavy atom. The van der Waals surface area contributed by atoms with Gasteiger partial charge in [-0.25, -0.2) is 0 Å². The number of aryl methyl sites for hydroxylation is 1. The molecule has 34 heavy (non-hydrogen) atoms. The number of anilines is 1. The van der Waals surface area contributed by atoms with Crippen molar-refractivity contribution in [3.63, 3.8) is 0 Å². The van der Waals surface area contributed by atoms with Crippen molar-refractivity contribution in [2.24, 2.45) is 0 Å². The van der Waals surface area contributed by atoms with Crippen molar-refractivity contribution in [3.05, 3.63) is 35.2 Å². The number of nitrogens with zero attached hydrogens (tertiary/aromatic N) is 5. The van der Waals surface area contributed by atoms with Gasteiger partial charge in [-0.15, -0.1) is 0 Å². The first-order chi connectivity index (χ1) is 16.3. The van der Waals surface area contributed by atoms with E-state index in [0.29, 0.717) is 25.2 Å². The molecule has 2 aromatic rings. The molecule has 1 unspecified atom stereocenters. The van der Waals surface area contributed by atoms with Crippen molar-refractivity contribution in [2.75, 3.05) is 57.3 Å². The van der Waals surface area contributed by atoms with Crippen LogP contribution in [0.2, 0.25) is 0 Å². The lowest BCUT2D eigenvalue weighted by Crippen LogP contribution is -2.50. The van der Waals surface area contributed by atoms with Crippen molar-refractivity contribution in [2.45, 2.75) is 59.9 Å². The van der Waals surface area contributed by atoms with E-state index in [2.05, 4.69) is 59.5 Å². The number of ketones is 1.